The number of non-ortho nitro benzene ring substituents is 1. The van der Waals surface area contributed by atoms with Gasteiger partial charge in [0, 0.05) is 32.4 Å². The van der Waals surface area contributed by atoms with Gasteiger partial charge in [0.1, 0.15) is 4.90 Å². The molecule has 0 atom stereocenters. The zero-order valence-corrected chi connectivity index (χ0v) is 19.0. The molecule has 0 unspecified atom stereocenters. The van der Waals surface area contributed by atoms with Crippen LogP contribution in [0, 0.1) is 24.0 Å². The van der Waals surface area contributed by atoms with E-state index in [-0.39, 0.29) is 21.4 Å². The Bertz CT molecular complexity index is 1060. The van der Waals surface area contributed by atoms with Crippen LogP contribution in [0.3, 0.4) is 0 Å². The minimum Gasteiger partial charge on any atom is -0.385 e. The van der Waals surface area contributed by atoms with Crippen molar-refractivity contribution in [2.45, 2.75) is 25.2 Å². The lowest BCUT2D eigenvalue weighted by Crippen LogP contribution is -2.39. The van der Waals surface area contributed by atoms with Crippen LogP contribution in [-0.4, -0.2) is 38.7 Å². The fourth-order valence-corrected chi connectivity index (χ4v) is 4.13. The van der Waals surface area contributed by atoms with Gasteiger partial charge in [-0.3, -0.25) is 25.7 Å². The van der Waals surface area contributed by atoms with Crippen molar-refractivity contribution in [3.05, 3.63) is 57.6 Å². The predicted molar refractivity (Wildman–Crippen MR) is 124 cm³/mol. The van der Waals surface area contributed by atoms with E-state index in [1.165, 1.54) is 12.1 Å². The van der Waals surface area contributed by atoms with Gasteiger partial charge in [-0.2, -0.15) is 0 Å². The van der Waals surface area contributed by atoms with E-state index in [0.717, 1.165) is 23.6 Å². The lowest BCUT2D eigenvalue weighted by Gasteiger charge is -2.17. The molecule has 2 rings (SSSR count). The molecule has 4 N–H and O–H groups in total. The third-order valence-electron chi connectivity index (χ3n) is 4.21. The molecule has 0 spiro atoms. The maximum atomic E-state index is 13.1. The lowest BCUT2D eigenvalue weighted by molar-refractivity contribution is -0.385. The predicted octanol–water partition coefficient (Wildman–Crippen LogP) is 2.84. The zero-order valence-electron chi connectivity index (χ0n) is 17.4. The van der Waals surface area contributed by atoms with Crippen LogP contribution in [0.5, 0.6) is 0 Å². The number of methoxy groups -OCH3 is 1. The summed E-state index contributed by atoms with van der Waals surface area (Å²) in [5.74, 6) is 0. The molecule has 168 valence electrons. The number of ether oxygens (including phenoxy) is 1. The van der Waals surface area contributed by atoms with Crippen molar-refractivity contribution >= 4 is 44.4 Å². The van der Waals surface area contributed by atoms with Crippen molar-refractivity contribution in [1.29, 1.82) is 0 Å². The van der Waals surface area contributed by atoms with Crippen LogP contribution in [0.4, 0.5) is 17.1 Å². The van der Waals surface area contributed by atoms with Crippen LogP contribution in [-0.2, 0) is 14.8 Å². The van der Waals surface area contributed by atoms with Crippen LogP contribution in [0.25, 0.3) is 0 Å². The van der Waals surface area contributed by atoms with Gasteiger partial charge in [0.05, 0.1) is 16.3 Å². The number of aryl methyl sites for hydroxylation is 2. The van der Waals surface area contributed by atoms with Crippen LogP contribution in [0.15, 0.2) is 41.3 Å². The van der Waals surface area contributed by atoms with Gasteiger partial charge in [-0.25, -0.2) is 8.42 Å². The number of hydrogen-bond donors (Lipinski definition) is 4. The first kappa shape index (κ1) is 24.3. The van der Waals surface area contributed by atoms with Crippen molar-refractivity contribution in [3.8, 4) is 0 Å². The van der Waals surface area contributed by atoms with E-state index in [1.807, 2.05) is 13.0 Å². The monoisotopic (exact) mass is 467 g/mol. The molecule has 10 nitrogen and oxygen atoms in total. The Morgan fingerprint density at radius 2 is 1.87 bits per heavy atom. The summed E-state index contributed by atoms with van der Waals surface area (Å²) in [5.41, 5.74) is 7.23. The molecule has 0 bridgehead atoms. The van der Waals surface area contributed by atoms with Gasteiger partial charge < -0.3 is 10.1 Å². The molecule has 0 amide bonds. The summed E-state index contributed by atoms with van der Waals surface area (Å²) in [6, 6.07) is 8.74. The van der Waals surface area contributed by atoms with Crippen LogP contribution >= 0.6 is 12.2 Å². The first-order valence-corrected chi connectivity index (χ1v) is 11.2. The van der Waals surface area contributed by atoms with Gasteiger partial charge >= 0.3 is 0 Å². The van der Waals surface area contributed by atoms with Crippen LogP contribution in [0.1, 0.15) is 17.5 Å². The van der Waals surface area contributed by atoms with E-state index < -0.39 is 14.9 Å². The van der Waals surface area contributed by atoms with Crippen LogP contribution < -0.4 is 20.9 Å². The van der Waals surface area contributed by atoms with Gasteiger partial charge in [-0.1, -0.05) is 17.7 Å². The van der Waals surface area contributed by atoms with Crippen molar-refractivity contribution < 1.29 is 18.1 Å². The van der Waals surface area contributed by atoms with E-state index in [2.05, 4.69) is 20.9 Å². The number of nitrogens with zero attached hydrogens (tertiary/aromatic N) is 1. The van der Waals surface area contributed by atoms with Gasteiger partial charge in [-0.05, 0) is 50.2 Å². The average Bonchev–Trinajstić information content (AvgIpc) is 2.71. The molecule has 0 aliphatic rings. The summed E-state index contributed by atoms with van der Waals surface area (Å²) in [5, 5.41) is 14.4. The Hall–Kier alpha value is -2.96. The summed E-state index contributed by atoms with van der Waals surface area (Å²) >= 11 is 5.14. The van der Waals surface area contributed by atoms with Crippen molar-refractivity contribution in [3.63, 3.8) is 0 Å². The number of hydrazine groups is 1. The number of rotatable bonds is 10. The maximum absolute atomic E-state index is 13.1. The summed E-state index contributed by atoms with van der Waals surface area (Å²) in [7, 11) is -2.55. The summed E-state index contributed by atoms with van der Waals surface area (Å²) in [4.78, 5) is 10.2. The van der Waals surface area contributed by atoms with E-state index in [0.29, 0.717) is 18.8 Å². The lowest BCUT2D eigenvalue weighted by atomic mass is 10.1. The van der Waals surface area contributed by atoms with Crippen molar-refractivity contribution in [2.24, 2.45) is 0 Å². The summed E-state index contributed by atoms with van der Waals surface area (Å²) in [6.07, 6.45) is 0.731. The van der Waals surface area contributed by atoms with E-state index in [9.17, 15) is 18.5 Å². The van der Waals surface area contributed by atoms with E-state index in [4.69, 9.17) is 17.0 Å². The molecule has 0 aromatic heterocycles. The number of anilines is 2. The minimum absolute atomic E-state index is 0.101. The molecular weight excluding hydrogens is 442 g/mol. The minimum atomic E-state index is -4.14. The van der Waals surface area contributed by atoms with Crippen molar-refractivity contribution in [1.82, 2.24) is 10.7 Å². The first-order chi connectivity index (χ1) is 14.6. The highest BCUT2D eigenvalue weighted by Gasteiger charge is 2.23. The van der Waals surface area contributed by atoms with Crippen molar-refractivity contribution in [2.75, 3.05) is 30.4 Å². The number of nitro benzene ring substituents is 1. The standard InChI is InChI=1S/C19H25N5O5S2/c1-13-5-7-16(14(2)11-13)23-31(27,28)18-12-15(24(25)26)6-8-17(18)21-22-19(30)20-9-4-10-29-3/h5-8,11-12,21,23H,4,9-10H2,1-3H3,(H2,20,22,30). The molecule has 0 saturated carbocycles. The third kappa shape index (κ3) is 7.05. The molecule has 0 fully saturated rings. The highest BCUT2D eigenvalue weighted by molar-refractivity contribution is 7.93. The van der Waals surface area contributed by atoms with Crippen LogP contribution in [0.2, 0.25) is 0 Å². The fourth-order valence-electron chi connectivity index (χ4n) is 2.66. The SMILES string of the molecule is COCCCNC(=S)NNc1ccc([N+](=O)[O-])cc1S(=O)(=O)Nc1ccc(C)cc1C. The summed E-state index contributed by atoms with van der Waals surface area (Å²) < 4.78 is 33.6. The molecule has 12 heteroatoms. The van der Waals surface area contributed by atoms with Gasteiger partial charge in [0.2, 0.25) is 0 Å². The highest BCUT2D eigenvalue weighted by atomic mass is 32.2. The van der Waals surface area contributed by atoms with E-state index in [1.54, 1.807) is 26.2 Å². The topological polar surface area (TPSA) is 135 Å². The fraction of sp³-hybridized carbons (Fsp3) is 0.316. The summed E-state index contributed by atoms with van der Waals surface area (Å²) in [6.45, 7) is 4.79. The maximum Gasteiger partial charge on any atom is 0.270 e. The molecule has 0 aliphatic carbocycles. The third-order valence-corrected chi connectivity index (χ3v) is 5.87. The second-order valence-electron chi connectivity index (χ2n) is 6.71. The Balaban J connectivity index is 2.26. The number of thiocarbonyl (C=S) groups is 1. The Morgan fingerprint density at radius 1 is 1.16 bits per heavy atom. The number of sulfonamides is 1. The quantitative estimate of drug-likeness (QED) is 0.180. The molecule has 0 aliphatic heterocycles. The average molecular weight is 468 g/mol. The second kappa shape index (κ2) is 10.9. The number of nitro groups is 1. The molecule has 2 aromatic carbocycles. The largest absolute Gasteiger partial charge is 0.385 e. The Labute approximate surface area is 186 Å². The molecule has 2 aromatic rings. The zero-order chi connectivity index (χ0) is 23.0. The first-order valence-electron chi connectivity index (χ1n) is 9.31. The molecule has 0 radical (unpaired) electrons. The molecule has 0 saturated heterocycles. The molecule has 31 heavy (non-hydrogen) atoms. The Morgan fingerprint density at radius 3 is 2.52 bits per heavy atom. The Kier molecular flexibility index (Phi) is 8.54. The second-order valence-corrected chi connectivity index (χ2v) is 8.77. The van der Waals surface area contributed by atoms with Gasteiger partial charge in [0.15, 0.2) is 5.11 Å². The van der Waals surface area contributed by atoms with E-state index >= 15 is 0 Å². The number of nitrogens with one attached hydrogen (secondary N) is 4. The highest BCUT2D eigenvalue weighted by Crippen LogP contribution is 2.29. The van der Waals surface area contributed by atoms with Gasteiger partial charge in [-0.15, -0.1) is 0 Å². The molecular formula is C19H25N5O5S2. The number of hydrogen-bond acceptors (Lipinski definition) is 7. The smallest absolute Gasteiger partial charge is 0.270 e. The normalized spacial score (nSPS) is 10.9. The molecule has 0 heterocycles. The van der Waals surface area contributed by atoms with Gasteiger partial charge in [0.25, 0.3) is 15.7 Å². The number of benzene rings is 2.